The molecule has 0 saturated carbocycles. The molecule has 2 fully saturated rings. The van der Waals surface area contributed by atoms with Gasteiger partial charge < -0.3 is 14.0 Å². The van der Waals surface area contributed by atoms with E-state index in [2.05, 4.69) is 19.4 Å². The molecule has 2 saturated heterocycles. The van der Waals surface area contributed by atoms with Crippen molar-refractivity contribution in [3.05, 3.63) is 48.3 Å². The lowest BCUT2D eigenvalue weighted by Crippen LogP contribution is -2.33. The van der Waals surface area contributed by atoms with Crippen molar-refractivity contribution in [3.63, 3.8) is 0 Å². The Bertz CT molecular complexity index is 675. The van der Waals surface area contributed by atoms with E-state index in [0.29, 0.717) is 13.2 Å². The molecule has 0 unspecified atom stereocenters. The Hall–Kier alpha value is -1.76. The van der Waals surface area contributed by atoms with E-state index < -0.39 is 0 Å². The highest BCUT2D eigenvalue weighted by Gasteiger charge is 2.45. The van der Waals surface area contributed by atoms with Gasteiger partial charge in [0, 0.05) is 51.3 Å². The summed E-state index contributed by atoms with van der Waals surface area (Å²) in [7, 11) is 2.04. The average molecular weight is 328 g/mol. The lowest BCUT2D eigenvalue weighted by Gasteiger charge is -2.23. The molecule has 2 aliphatic heterocycles. The molecular formula is C18H24N4O2. The van der Waals surface area contributed by atoms with Crippen LogP contribution < -0.4 is 0 Å². The van der Waals surface area contributed by atoms with Gasteiger partial charge in [0.15, 0.2) is 0 Å². The van der Waals surface area contributed by atoms with Crippen molar-refractivity contribution < 1.29 is 9.47 Å². The van der Waals surface area contributed by atoms with Gasteiger partial charge in [0.1, 0.15) is 5.82 Å². The third kappa shape index (κ3) is 3.36. The van der Waals surface area contributed by atoms with Gasteiger partial charge in [-0.1, -0.05) is 6.07 Å². The molecule has 4 heterocycles. The Labute approximate surface area is 142 Å². The van der Waals surface area contributed by atoms with Crippen LogP contribution in [0.3, 0.4) is 0 Å². The fourth-order valence-corrected chi connectivity index (χ4v) is 3.70. The molecule has 0 N–H and O–H groups in total. The summed E-state index contributed by atoms with van der Waals surface area (Å²) in [6.45, 7) is 4.20. The minimum Gasteiger partial charge on any atom is -0.371 e. The molecule has 2 aromatic heterocycles. The van der Waals surface area contributed by atoms with Gasteiger partial charge in [0.25, 0.3) is 0 Å². The van der Waals surface area contributed by atoms with Crippen molar-refractivity contribution in [3.8, 4) is 0 Å². The number of hydrogen-bond acceptors (Lipinski definition) is 5. The number of hydrogen-bond donors (Lipinski definition) is 0. The molecular weight excluding hydrogens is 304 g/mol. The van der Waals surface area contributed by atoms with Crippen LogP contribution in [-0.4, -0.2) is 50.8 Å². The molecule has 4 rings (SSSR count). The number of aryl methyl sites for hydroxylation is 1. The second-order valence-electron chi connectivity index (χ2n) is 6.91. The predicted octanol–water partition coefficient (Wildman–Crippen LogP) is 1.77. The van der Waals surface area contributed by atoms with Crippen molar-refractivity contribution >= 4 is 0 Å². The van der Waals surface area contributed by atoms with Gasteiger partial charge in [-0.3, -0.25) is 9.88 Å². The van der Waals surface area contributed by atoms with E-state index in [1.807, 2.05) is 37.8 Å². The van der Waals surface area contributed by atoms with E-state index in [1.165, 1.54) is 0 Å². The average Bonchev–Trinajstić information content (AvgIpc) is 3.30. The Balaban J connectivity index is 1.29. The summed E-state index contributed by atoms with van der Waals surface area (Å²) < 4.78 is 14.3. The third-order valence-electron chi connectivity index (χ3n) is 5.06. The van der Waals surface area contributed by atoms with Crippen molar-refractivity contribution in [2.24, 2.45) is 7.05 Å². The summed E-state index contributed by atoms with van der Waals surface area (Å²) in [5.74, 6) is 1.11. The number of rotatable bonds is 5. The molecule has 0 aromatic carbocycles. The molecule has 2 atom stereocenters. The molecule has 2 aliphatic rings. The SMILES string of the molecule is Cn1ccnc1CN1CC[C@@]2(C[C@H](OCc3cccnc3)CO2)C1. The maximum atomic E-state index is 6.17. The van der Waals surface area contributed by atoms with Crippen LogP contribution in [0.1, 0.15) is 24.2 Å². The molecule has 6 nitrogen and oxygen atoms in total. The van der Waals surface area contributed by atoms with Crippen LogP contribution in [0.4, 0.5) is 0 Å². The van der Waals surface area contributed by atoms with Crippen LogP contribution in [-0.2, 0) is 29.7 Å². The highest BCUT2D eigenvalue weighted by Crippen LogP contribution is 2.36. The molecule has 6 heteroatoms. The monoisotopic (exact) mass is 328 g/mol. The van der Waals surface area contributed by atoms with Crippen molar-refractivity contribution in [2.75, 3.05) is 19.7 Å². The Morgan fingerprint density at radius 2 is 2.38 bits per heavy atom. The Kier molecular flexibility index (Phi) is 4.35. The molecule has 0 radical (unpaired) electrons. The quantitative estimate of drug-likeness (QED) is 0.837. The molecule has 0 aliphatic carbocycles. The zero-order valence-electron chi connectivity index (χ0n) is 14.1. The van der Waals surface area contributed by atoms with Gasteiger partial charge in [-0.05, 0) is 18.1 Å². The number of nitrogens with zero attached hydrogens (tertiary/aromatic N) is 4. The van der Waals surface area contributed by atoms with Crippen LogP contribution in [0.15, 0.2) is 36.9 Å². The molecule has 24 heavy (non-hydrogen) atoms. The van der Waals surface area contributed by atoms with Crippen LogP contribution in [0, 0.1) is 0 Å². The van der Waals surface area contributed by atoms with Crippen LogP contribution in [0.5, 0.6) is 0 Å². The first-order valence-electron chi connectivity index (χ1n) is 8.55. The smallest absolute Gasteiger partial charge is 0.122 e. The standard InChI is InChI=1S/C18H24N4O2/c1-21-8-6-20-17(21)11-22-7-4-18(14-22)9-16(13-24-18)23-12-15-3-2-5-19-10-15/h2-3,5-6,8,10,16H,4,7,9,11-14H2,1H3/t16-,18+/m0/s1. The molecule has 1 spiro atoms. The second-order valence-corrected chi connectivity index (χ2v) is 6.91. The van der Waals surface area contributed by atoms with Crippen LogP contribution in [0.25, 0.3) is 0 Å². The van der Waals surface area contributed by atoms with E-state index >= 15 is 0 Å². The highest BCUT2D eigenvalue weighted by molar-refractivity contribution is 5.07. The normalized spacial score (nSPS) is 27.3. The van der Waals surface area contributed by atoms with Gasteiger partial charge in [0.2, 0.25) is 0 Å². The fraction of sp³-hybridized carbons (Fsp3) is 0.556. The zero-order valence-corrected chi connectivity index (χ0v) is 14.1. The van der Waals surface area contributed by atoms with Gasteiger partial charge in [0.05, 0.1) is 31.5 Å². The topological polar surface area (TPSA) is 52.4 Å². The number of likely N-dealkylation sites (tertiary alicyclic amines) is 1. The van der Waals surface area contributed by atoms with Crippen molar-refractivity contribution in [2.45, 2.75) is 37.7 Å². The lowest BCUT2D eigenvalue weighted by molar-refractivity contribution is -0.000585. The minimum atomic E-state index is -0.0369. The van der Waals surface area contributed by atoms with Gasteiger partial charge >= 0.3 is 0 Å². The molecule has 128 valence electrons. The number of pyridine rings is 1. The lowest BCUT2D eigenvalue weighted by atomic mass is 9.98. The maximum absolute atomic E-state index is 6.17. The van der Waals surface area contributed by atoms with Gasteiger partial charge in [-0.15, -0.1) is 0 Å². The molecule has 0 bridgehead atoms. The van der Waals surface area contributed by atoms with E-state index in [4.69, 9.17) is 9.47 Å². The second kappa shape index (κ2) is 6.63. The molecule has 2 aromatic rings. The summed E-state index contributed by atoms with van der Waals surface area (Å²) in [5, 5.41) is 0. The van der Waals surface area contributed by atoms with Crippen LogP contribution in [0.2, 0.25) is 0 Å². The zero-order chi connectivity index (χ0) is 16.4. The number of imidazole rings is 1. The molecule has 0 amide bonds. The maximum Gasteiger partial charge on any atom is 0.122 e. The first-order valence-corrected chi connectivity index (χ1v) is 8.55. The largest absolute Gasteiger partial charge is 0.371 e. The Morgan fingerprint density at radius 3 is 3.17 bits per heavy atom. The van der Waals surface area contributed by atoms with E-state index in [9.17, 15) is 0 Å². The van der Waals surface area contributed by atoms with E-state index in [0.717, 1.165) is 43.9 Å². The highest BCUT2D eigenvalue weighted by atomic mass is 16.6. The predicted molar refractivity (Wildman–Crippen MR) is 89.2 cm³/mol. The Morgan fingerprint density at radius 1 is 1.42 bits per heavy atom. The van der Waals surface area contributed by atoms with Gasteiger partial charge in [-0.2, -0.15) is 0 Å². The van der Waals surface area contributed by atoms with Crippen LogP contribution >= 0.6 is 0 Å². The summed E-state index contributed by atoms with van der Waals surface area (Å²) >= 11 is 0. The first-order chi connectivity index (χ1) is 11.7. The fourth-order valence-electron chi connectivity index (χ4n) is 3.70. The number of ether oxygens (including phenoxy) is 2. The van der Waals surface area contributed by atoms with Crippen molar-refractivity contribution in [1.82, 2.24) is 19.4 Å². The van der Waals surface area contributed by atoms with Gasteiger partial charge in [-0.25, -0.2) is 4.98 Å². The summed E-state index contributed by atoms with van der Waals surface area (Å²) in [5.41, 5.74) is 1.08. The van der Waals surface area contributed by atoms with E-state index in [1.54, 1.807) is 6.20 Å². The van der Waals surface area contributed by atoms with Crippen molar-refractivity contribution in [1.29, 1.82) is 0 Å². The summed E-state index contributed by atoms with van der Waals surface area (Å²) in [4.78, 5) is 11.0. The van der Waals surface area contributed by atoms with E-state index in [-0.39, 0.29) is 11.7 Å². The first kappa shape index (κ1) is 15.7. The number of aromatic nitrogens is 3. The third-order valence-corrected chi connectivity index (χ3v) is 5.06. The minimum absolute atomic E-state index is 0.0369. The summed E-state index contributed by atoms with van der Waals surface area (Å²) in [6.07, 6.45) is 9.72. The summed E-state index contributed by atoms with van der Waals surface area (Å²) in [6, 6.07) is 3.99.